The van der Waals surface area contributed by atoms with Gasteiger partial charge in [0.1, 0.15) is 0 Å². The molecule has 1 fully saturated rings. The van der Waals surface area contributed by atoms with Crippen molar-refractivity contribution in [3.63, 3.8) is 0 Å². The molecule has 1 saturated heterocycles. The van der Waals surface area contributed by atoms with Crippen LogP contribution in [0.2, 0.25) is 0 Å². The summed E-state index contributed by atoms with van der Waals surface area (Å²) in [6.07, 6.45) is 3.17. The van der Waals surface area contributed by atoms with Gasteiger partial charge < -0.3 is 14.6 Å². The summed E-state index contributed by atoms with van der Waals surface area (Å²) in [5, 5.41) is 3.42. The van der Waals surface area contributed by atoms with Gasteiger partial charge in [-0.1, -0.05) is 0 Å². The molecule has 0 aromatic carbocycles. The molecule has 1 N–H and O–H groups in total. The third kappa shape index (κ3) is 3.78. The molecule has 5 heteroatoms. The summed E-state index contributed by atoms with van der Waals surface area (Å²) in [6.45, 7) is 2.16. The van der Waals surface area contributed by atoms with Crippen LogP contribution >= 0.6 is 11.8 Å². The first-order chi connectivity index (χ1) is 8.79. The van der Waals surface area contributed by atoms with Crippen LogP contribution in [0.4, 0.5) is 5.69 Å². The number of hydrogen-bond donors (Lipinski definition) is 1. The van der Waals surface area contributed by atoms with E-state index in [1.54, 1.807) is 17.7 Å². The largest absolute Gasteiger partial charge is 0.384 e. The molecule has 2 heterocycles. The molecule has 18 heavy (non-hydrogen) atoms. The number of nitrogens with one attached hydrogen (secondary N) is 1. The molecule has 100 valence electrons. The zero-order chi connectivity index (χ0) is 12.8. The SMILES string of the molecule is COCCn1cc(NCC2CCSC2)ccc1=O. The van der Waals surface area contributed by atoms with Crippen molar-refractivity contribution in [1.29, 1.82) is 0 Å². The summed E-state index contributed by atoms with van der Waals surface area (Å²) >= 11 is 2.02. The van der Waals surface area contributed by atoms with Gasteiger partial charge in [0.25, 0.3) is 5.56 Å². The van der Waals surface area contributed by atoms with Crippen LogP contribution in [0.25, 0.3) is 0 Å². The zero-order valence-corrected chi connectivity index (χ0v) is 11.5. The number of nitrogens with zero attached hydrogens (tertiary/aromatic N) is 1. The lowest BCUT2D eigenvalue weighted by molar-refractivity contribution is 0.186. The van der Waals surface area contributed by atoms with Gasteiger partial charge in [-0.25, -0.2) is 0 Å². The standard InChI is InChI=1S/C13H20N2O2S/c1-17-6-5-15-9-12(2-3-13(15)16)14-8-11-4-7-18-10-11/h2-3,9,11,14H,4-8,10H2,1H3. The maximum atomic E-state index is 11.6. The number of thioether (sulfide) groups is 1. The maximum absolute atomic E-state index is 11.6. The van der Waals surface area contributed by atoms with Crippen molar-refractivity contribution in [3.05, 3.63) is 28.7 Å². The molecule has 1 aromatic rings. The molecule has 1 aliphatic heterocycles. The van der Waals surface area contributed by atoms with Gasteiger partial charge in [-0.3, -0.25) is 4.79 Å². The van der Waals surface area contributed by atoms with Crippen LogP contribution in [-0.2, 0) is 11.3 Å². The third-order valence-corrected chi connectivity index (χ3v) is 4.37. The highest BCUT2D eigenvalue weighted by Gasteiger charge is 2.14. The van der Waals surface area contributed by atoms with Gasteiger partial charge in [-0.2, -0.15) is 11.8 Å². The van der Waals surface area contributed by atoms with Crippen molar-refractivity contribution in [2.45, 2.75) is 13.0 Å². The average molecular weight is 268 g/mol. The number of hydrogen-bond acceptors (Lipinski definition) is 4. The molecule has 0 radical (unpaired) electrons. The summed E-state index contributed by atoms with van der Waals surface area (Å²) in [4.78, 5) is 11.6. The van der Waals surface area contributed by atoms with Crippen molar-refractivity contribution in [2.75, 3.05) is 37.1 Å². The maximum Gasteiger partial charge on any atom is 0.250 e. The fourth-order valence-electron chi connectivity index (χ4n) is 2.01. The van der Waals surface area contributed by atoms with Gasteiger partial charge in [0.15, 0.2) is 0 Å². The molecular formula is C13H20N2O2S. The van der Waals surface area contributed by atoms with Crippen LogP contribution in [0.3, 0.4) is 0 Å². The molecule has 0 bridgehead atoms. The van der Waals surface area contributed by atoms with Crippen molar-refractivity contribution in [2.24, 2.45) is 5.92 Å². The van der Waals surface area contributed by atoms with E-state index in [4.69, 9.17) is 4.74 Å². The highest BCUT2D eigenvalue weighted by Crippen LogP contribution is 2.23. The number of ether oxygens (including phenoxy) is 1. The molecule has 0 spiro atoms. The Labute approximate surface area is 112 Å². The van der Waals surface area contributed by atoms with Crippen LogP contribution in [0.15, 0.2) is 23.1 Å². The molecule has 1 aliphatic rings. The number of anilines is 1. The van der Waals surface area contributed by atoms with Crippen LogP contribution in [0.1, 0.15) is 6.42 Å². The highest BCUT2D eigenvalue weighted by atomic mass is 32.2. The molecule has 0 amide bonds. The summed E-state index contributed by atoms with van der Waals surface area (Å²) in [5.74, 6) is 3.28. The molecule has 1 unspecified atom stereocenters. The predicted octanol–water partition coefficient (Wildman–Crippen LogP) is 1.66. The first kappa shape index (κ1) is 13.5. The Balaban J connectivity index is 1.93. The summed E-state index contributed by atoms with van der Waals surface area (Å²) in [5.41, 5.74) is 1.04. The predicted molar refractivity (Wildman–Crippen MR) is 76.5 cm³/mol. The number of methoxy groups -OCH3 is 1. The van der Waals surface area contributed by atoms with E-state index in [0.29, 0.717) is 13.2 Å². The van der Waals surface area contributed by atoms with Crippen LogP contribution in [0, 0.1) is 5.92 Å². The van der Waals surface area contributed by atoms with Gasteiger partial charge in [-0.15, -0.1) is 0 Å². The highest BCUT2D eigenvalue weighted by molar-refractivity contribution is 7.99. The zero-order valence-electron chi connectivity index (χ0n) is 10.7. The van der Waals surface area contributed by atoms with E-state index in [2.05, 4.69) is 5.32 Å². The van der Waals surface area contributed by atoms with E-state index in [1.807, 2.05) is 24.0 Å². The topological polar surface area (TPSA) is 43.3 Å². The van der Waals surface area contributed by atoms with E-state index in [1.165, 1.54) is 17.9 Å². The van der Waals surface area contributed by atoms with E-state index in [0.717, 1.165) is 18.2 Å². The Kier molecular flexibility index (Phi) is 5.13. The normalized spacial score (nSPS) is 19.1. The quantitative estimate of drug-likeness (QED) is 0.852. The third-order valence-electron chi connectivity index (χ3n) is 3.14. The van der Waals surface area contributed by atoms with E-state index in [-0.39, 0.29) is 5.56 Å². The summed E-state index contributed by atoms with van der Waals surface area (Å²) in [6, 6.07) is 3.47. The molecule has 2 rings (SSSR count). The van der Waals surface area contributed by atoms with Crippen LogP contribution in [0.5, 0.6) is 0 Å². The number of rotatable bonds is 6. The molecule has 0 saturated carbocycles. The fourth-order valence-corrected chi connectivity index (χ4v) is 3.29. The smallest absolute Gasteiger partial charge is 0.250 e. The molecule has 0 aliphatic carbocycles. The molecule has 4 nitrogen and oxygen atoms in total. The van der Waals surface area contributed by atoms with Crippen molar-refractivity contribution in [3.8, 4) is 0 Å². The fraction of sp³-hybridized carbons (Fsp3) is 0.615. The molecule has 1 atom stereocenters. The monoisotopic (exact) mass is 268 g/mol. The van der Waals surface area contributed by atoms with Gasteiger partial charge in [-0.05, 0) is 29.9 Å². The van der Waals surface area contributed by atoms with Gasteiger partial charge in [0.2, 0.25) is 0 Å². The minimum Gasteiger partial charge on any atom is -0.384 e. The Bertz CT molecular complexity index is 427. The van der Waals surface area contributed by atoms with Crippen molar-refractivity contribution in [1.82, 2.24) is 4.57 Å². The van der Waals surface area contributed by atoms with E-state index < -0.39 is 0 Å². The van der Waals surface area contributed by atoms with E-state index in [9.17, 15) is 4.79 Å². The minimum atomic E-state index is 0.0222. The van der Waals surface area contributed by atoms with Gasteiger partial charge in [0, 0.05) is 32.5 Å². The number of pyridine rings is 1. The second kappa shape index (κ2) is 6.85. The second-order valence-electron chi connectivity index (χ2n) is 4.55. The Morgan fingerprint density at radius 3 is 3.17 bits per heavy atom. The summed E-state index contributed by atoms with van der Waals surface area (Å²) in [7, 11) is 1.64. The van der Waals surface area contributed by atoms with Crippen molar-refractivity contribution >= 4 is 17.4 Å². The van der Waals surface area contributed by atoms with Gasteiger partial charge >= 0.3 is 0 Å². The Hall–Kier alpha value is -0.940. The summed E-state index contributed by atoms with van der Waals surface area (Å²) < 4.78 is 6.69. The molecular weight excluding hydrogens is 248 g/mol. The first-order valence-corrected chi connectivity index (χ1v) is 7.46. The first-order valence-electron chi connectivity index (χ1n) is 6.30. The van der Waals surface area contributed by atoms with Gasteiger partial charge in [0.05, 0.1) is 12.3 Å². The van der Waals surface area contributed by atoms with Crippen LogP contribution in [-0.4, -0.2) is 36.3 Å². The molecule has 1 aromatic heterocycles. The van der Waals surface area contributed by atoms with E-state index >= 15 is 0 Å². The average Bonchev–Trinajstić information content (AvgIpc) is 2.89. The number of aromatic nitrogens is 1. The Morgan fingerprint density at radius 1 is 1.56 bits per heavy atom. The lowest BCUT2D eigenvalue weighted by Gasteiger charge is -2.13. The second-order valence-corrected chi connectivity index (χ2v) is 5.70. The lowest BCUT2D eigenvalue weighted by Crippen LogP contribution is -2.22. The lowest BCUT2D eigenvalue weighted by atomic mass is 10.1. The van der Waals surface area contributed by atoms with Crippen molar-refractivity contribution < 1.29 is 4.74 Å². The Morgan fingerprint density at radius 2 is 2.44 bits per heavy atom. The minimum absolute atomic E-state index is 0.0222. The van der Waals surface area contributed by atoms with Crippen LogP contribution < -0.4 is 10.9 Å².